The molecule has 25 heavy (non-hydrogen) atoms. The van der Waals surface area contributed by atoms with E-state index >= 15 is 0 Å². The van der Waals surface area contributed by atoms with Gasteiger partial charge in [-0.05, 0) is 42.8 Å². The lowest BCUT2D eigenvalue weighted by Gasteiger charge is -2.09. The summed E-state index contributed by atoms with van der Waals surface area (Å²) < 4.78 is 0. The van der Waals surface area contributed by atoms with Crippen LogP contribution < -0.4 is 10.6 Å². The quantitative estimate of drug-likeness (QED) is 0.686. The van der Waals surface area contributed by atoms with Crippen molar-refractivity contribution in [1.82, 2.24) is 4.98 Å². The molecule has 1 amide bonds. The number of pyridine rings is 1. The van der Waals surface area contributed by atoms with E-state index in [0.29, 0.717) is 22.9 Å². The van der Waals surface area contributed by atoms with Crippen LogP contribution in [-0.4, -0.2) is 10.9 Å². The van der Waals surface area contributed by atoms with Gasteiger partial charge in [-0.2, -0.15) is 0 Å². The highest BCUT2D eigenvalue weighted by Crippen LogP contribution is 2.17. The fraction of sp³-hybridized carbons (Fsp3) is 0.100. The van der Waals surface area contributed by atoms with Crippen LogP contribution in [0.15, 0.2) is 66.9 Å². The Kier molecular flexibility index (Phi) is 5.31. The van der Waals surface area contributed by atoms with E-state index in [1.54, 1.807) is 36.5 Å². The molecule has 0 aliphatic rings. The number of benzene rings is 2. The molecule has 0 aliphatic carbocycles. The van der Waals surface area contributed by atoms with E-state index in [1.807, 2.05) is 12.1 Å². The van der Waals surface area contributed by atoms with Gasteiger partial charge in [0.15, 0.2) is 0 Å². The predicted octanol–water partition coefficient (Wildman–Crippen LogP) is 4.91. The molecule has 0 saturated heterocycles. The average molecular weight is 352 g/mol. The molecule has 1 aromatic heterocycles. The monoisotopic (exact) mass is 351 g/mol. The Morgan fingerprint density at radius 3 is 2.68 bits per heavy atom. The first-order valence-electron chi connectivity index (χ1n) is 7.92. The zero-order valence-corrected chi connectivity index (χ0v) is 14.5. The van der Waals surface area contributed by atoms with Crippen molar-refractivity contribution >= 4 is 28.9 Å². The van der Waals surface area contributed by atoms with E-state index in [9.17, 15) is 4.79 Å². The van der Waals surface area contributed by atoms with Crippen LogP contribution in [0.4, 0.5) is 11.4 Å². The molecule has 1 heterocycles. The first-order valence-corrected chi connectivity index (χ1v) is 8.30. The van der Waals surface area contributed by atoms with E-state index in [0.717, 1.165) is 5.69 Å². The molecule has 5 heteroatoms. The predicted molar refractivity (Wildman–Crippen MR) is 102 cm³/mol. The van der Waals surface area contributed by atoms with Crippen molar-refractivity contribution < 1.29 is 4.79 Å². The Bertz CT molecular complexity index is 895. The van der Waals surface area contributed by atoms with Gasteiger partial charge in [0.1, 0.15) is 5.69 Å². The first kappa shape index (κ1) is 17.0. The summed E-state index contributed by atoms with van der Waals surface area (Å²) in [5.41, 5.74) is 4.22. The van der Waals surface area contributed by atoms with Crippen molar-refractivity contribution in [3.8, 4) is 0 Å². The van der Waals surface area contributed by atoms with Crippen molar-refractivity contribution in [2.75, 3.05) is 10.6 Å². The van der Waals surface area contributed by atoms with Gasteiger partial charge in [0.05, 0.1) is 0 Å². The summed E-state index contributed by atoms with van der Waals surface area (Å²) in [5, 5.41) is 6.68. The van der Waals surface area contributed by atoms with E-state index in [1.165, 1.54) is 11.1 Å². The summed E-state index contributed by atoms with van der Waals surface area (Å²) in [6.45, 7) is 2.75. The fourth-order valence-corrected chi connectivity index (χ4v) is 2.64. The third-order valence-corrected chi connectivity index (χ3v) is 3.89. The molecule has 0 unspecified atom stereocenters. The number of carbonyl (C=O) groups is 1. The maximum atomic E-state index is 12.4. The van der Waals surface area contributed by atoms with Gasteiger partial charge in [0, 0.05) is 29.1 Å². The standard InChI is InChI=1S/C20H18ClN3O/c1-14-4-2-5-15(10-14)13-23-17-8-9-22-19(12-17)20(25)24-18-7-3-6-16(21)11-18/h2-12H,13H2,1H3,(H,22,23)(H,24,25). The minimum atomic E-state index is -0.276. The summed E-state index contributed by atoms with van der Waals surface area (Å²) in [5.74, 6) is -0.276. The second-order valence-corrected chi connectivity index (χ2v) is 6.17. The Morgan fingerprint density at radius 2 is 1.88 bits per heavy atom. The SMILES string of the molecule is Cc1cccc(CNc2ccnc(C(=O)Nc3cccc(Cl)c3)c2)c1. The molecule has 2 N–H and O–H groups in total. The lowest BCUT2D eigenvalue weighted by atomic mass is 10.1. The molecule has 0 spiro atoms. The molecule has 3 aromatic rings. The Labute approximate surface area is 151 Å². The van der Waals surface area contributed by atoms with Crippen LogP contribution in [0, 0.1) is 6.92 Å². The highest BCUT2D eigenvalue weighted by atomic mass is 35.5. The summed E-state index contributed by atoms with van der Waals surface area (Å²) in [6.07, 6.45) is 1.62. The number of hydrogen-bond donors (Lipinski definition) is 2. The number of halogens is 1. The third kappa shape index (κ3) is 4.81. The van der Waals surface area contributed by atoms with Gasteiger partial charge in [0.2, 0.25) is 0 Å². The lowest BCUT2D eigenvalue weighted by molar-refractivity contribution is 0.102. The second kappa shape index (κ2) is 7.81. The number of hydrogen-bond acceptors (Lipinski definition) is 3. The Morgan fingerprint density at radius 1 is 1.04 bits per heavy atom. The largest absolute Gasteiger partial charge is 0.381 e. The fourth-order valence-electron chi connectivity index (χ4n) is 2.45. The number of aryl methyl sites for hydroxylation is 1. The summed E-state index contributed by atoms with van der Waals surface area (Å²) >= 11 is 5.93. The number of amides is 1. The minimum Gasteiger partial charge on any atom is -0.381 e. The van der Waals surface area contributed by atoms with Crippen molar-refractivity contribution in [3.63, 3.8) is 0 Å². The van der Waals surface area contributed by atoms with Crippen LogP contribution >= 0.6 is 11.6 Å². The number of anilines is 2. The topological polar surface area (TPSA) is 54.0 Å². The normalized spacial score (nSPS) is 10.3. The molecule has 0 saturated carbocycles. The van der Waals surface area contributed by atoms with Gasteiger partial charge in [-0.15, -0.1) is 0 Å². The molecule has 0 bridgehead atoms. The van der Waals surface area contributed by atoms with Gasteiger partial charge >= 0.3 is 0 Å². The summed E-state index contributed by atoms with van der Waals surface area (Å²) in [6, 6.07) is 18.9. The smallest absolute Gasteiger partial charge is 0.274 e. The first-order chi connectivity index (χ1) is 12.1. The van der Waals surface area contributed by atoms with E-state index in [-0.39, 0.29) is 5.91 Å². The van der Waals surface area contributed by atoms with Crippen molar-refractivity contribution in [2.24, 2.45) is 0 Å². The van der Waals surface area contributed by atoms with E-state index < -0.39 is 0 Å². The number of aromatic nitrogens is 1. The van der Waals surface area contributed by atoms with Crippen molar-refractivity contribution in [1.29, 1.82) is 0 Å². The number of rotatable bonds is 5. The molecule has 126 valence electrons. The van der Waals surface area contributed by atoms with Gasteiger partial charge in [-0.25, -0.2) is 0 Å². The lowest BCUT2D eigenvalue weighted by Crippen LogP contribution is -2.14. The minimum absolute atomic E-state index is 0.276. The number of nitrogens with zero attached hydrogens (tertiary/aromatic N) is 1. The number of carbonyl (C=O) groups excluding carboxylic acids is 1. The highest BCUT2D eigenvalue weighted by molar-refractivity contribution is 6.30. The Balaban J connectivity index is 1.67. The van der Waals surface area contributed by atoms with Gasteiger partial charge < -0.3 is 10.6 Å². The molecular formula is C20H18ClN3O. The third-order valence-electron chi connectivity index (χ3n) is 3.65. The van der Waals surface area contributed by atoms with Crippen LogP contribution in [0.3, 0.4) is 0 Å². The molecule has 0 atom stereocenters. The average Bonchev–Trinajstić information content (AvgIpc) is 2.60. The van der Waals surface area contributed by atoms with Crippen molar-refractivity contribution in [3.05, 3.63) is 88.7 Å². The number of nitrogens with one attached hydrogen (secondary N) is 2. The maximum Gasteiger partial charge on any atom is 0.274 e. The zero-order chi connectivity index (χ0) is 17.6. The summed E-state index contributed by atoms with van der Waals surface area (Å²) in [4.78, 5) is 16.5. The highest BCUT2D eigenvalue weighted by Gasteiger charge is 2.09. The zero-order valence-electron chi connectivity index (χ0n) is 13.8. The second-order valence-electron chi connectivity index (χ2n) is 5.74. The molecule has 0 radical (unpaired) electrons. The Hall–Kier alpha value is -2.85. The van der Waals surface area contributed by atoms with Crippen molar-refractivity contribution in [2.45, 2.75) is 13.5 Å². The van der Waals surface area contributed by atoms with E-state index in [4.69, 9.17) is 11.6 Å². The maximum absolute atomic E-state index is 12.4. The molecule has 4 nitrogen and oxygen atoms in total. The summed E-state index contributed by atoms with van der Waals surface area (Å²) in [7, 11) is 0. The van der Waals surface area contributed by atoms with E-state index in [2.05, 4.69) is 40.7 Å². The molecule has 0 aliphatic heterocycles. The van der Waals surface area contributed by atoms with Gasteiger partial charge in [-0.3, -0.25) is 9.78 Å². The molecule has 3 rings (SSSR count). The van der Waals surface area contributed by atoms with Crippen LogP contribution in [0.5, 0.6) is 0 Å². The van der Waals surface area contributed by atoms with Crippen LogP contribution in [-0.2, 0) is 6.54 Å². The molecule has 0 fully saturated rings. The van der Waals surface area contributed by atoms with Gasteiger partial charge in [0.25, 0.3) is 5.91 Å². The molecular weight excluding hydrogens is 334 g/mol. The van der Waals surface area contributed by atoms with Crippen LogP contribution in [0.25, 0.3) is 0 Å². The van der Waals surface area contributed by atoms with Crippen LogP contribution in [0.1, 0.15) is 21.6 Å². The van der Waals surface area contributed by atoms with Crippen LogP contribution in [0.2, 0.25) is 5.02 Å². The van der Waals surface area contributed by atoms with Gasteiger partial charge in [-0.1, -0.05) is 47.5 Å². The molecule has 2 aromatic carbocycles.